The van der Waals surface area contributed by atoms with Crippen molar-refractivity contribution >= 4 is 33.2 Å². The van der Waals surface area contributed by atoms with Crippen molar-refractivity contribution in [3.8, 4) is 22.3 Å². The van der Waals surface area contributed by atoms with Gasteiger partial charge in [-0.05, 0) is 109 Å². The number of nitrogens with zero attached hydrogens (tertiary/aromatic N) is 4. The minimum atomic E-state index is 0.739. The predicted octanol–water partition coefficient (Wildman–Crippen LogP) is 9.65. The maximum absolute atomic E-state index is 4.88. The number of rotatable bonds is 4. The monoisotopic (exact) mass is 578 g/mol. The number of pyridine rings is 2. The Bertz CT molecular complexity index is 1680. The lowest BCUT2D eigenvalue weighted by molar-refractivity contribution is 0.342. The highest BCUT2D eigenvalue weighted by molar-refractivity contribution is 6.11. The number of benzene rings is 3. The van der Waals surface area contributed by atoms with Crippen LogP contribution in [0, 0.1) is 11.8 Å². The van der Waals surface area contributed by atoms with Crippen LogP contribution in [0.2, 0.25) is 0 Å². The Balaban J connectivity index is 1.03. The molecular weight excluding hydrogens is 536 g/mol. The van der Waals surface area contributed by atoms with Gasteiger partial charge in [-0.15, -0.1) is 0 Å². The van der Waals surface area contributed by atoms with Gasteiger partial charge in [-0.2, -0.15) is 0 Å². The third kappa shape index (κ3) is 4.40. The first-order valence-electron chi connectivity index (χ1n) is 17.2. The van der Waals surface area contributed by atoms with Crippen LogP contribution >= 0.6 is 0 Å². The van der Waals surface area contributed by atoms with Crippen LogP contribution in [-0.2, 0) is 0 Å². The summed E-state index contributed by atoms with van der Waals surface area (Å²) in [6.07, 6.45) is 17.7. The van der Waals surface area contributed by atoms with Gasteiger partial charge in [0.15, 0.2) is 0 Å². The second-order valence-corrected chi connectivity index (χ2v) is 13.9. The van der Waals surface area contributed by atoms with Crippen molar-refractivity contribution in [2.45, 2.75) is 76.3 Å². The van der Waals surface area contributed by atoms with Gasteiger partial charge in [-0.3, -0.25) is 9.97 Å². The molecule has 4 heterocycles. The van der Waals surface area contributed by atoms with Crippen molar-refractivity contribution in [3.05, 3.63) is 85.2 Å². The molecular formula is C40H42N4. The van der Waals surface area contributed by atoms with Gasteiger partial charge in [0, 0.05) is 59.7 Å². The Kier molecular flexibility index (Phi) is 6.56. The van der Waals surface area contributed by atoms with E-state index in [1.54, 1.807) is 0 Å². The Hall–Kier alpha value is -3.92. The van der Waals surface area contributed by atoms with Crippen molar-refractivity contribution in [3.63, 3.8) is 0 Å². The van der Waals surface area contributed by atoms with Crippen LogP contribution < -0.4 is 9.80 Å². The Labute approximate surface area is 261 Å². The van der Waals surface area contributed by atoms with Crippen LogP contribution in [0.4, 0.5) is 11.4 Å². The van der Waals surface area contributed by atoms with E-state index in [1.807, 2.05) is 12.4 Å². The topological polar surface area (TPSA) is 32.3 Å². The average molecular weight is 579 g/mol. The lowest BCUT2D eigenvalue weighted by Crippen LogP contribution is -2.34. The summed E-state index contributed by atoms with van der Waals surface area (Å²) in [4.78, 5) is 15.1. The van der Waals surface area contributed by atoms with Gasteiger partial charge < -0.3 is 9.80 Å². The molecule has 0 amide bonds. The maximum atomic E-state index is 4.88. The van der Waals surface area contributed by atoms with Crippen molar-refractivity contribution in [1.82, 2.24) is 9.97 Å². The summed E-state index contributed by atoms with van der Waals surface area (Å²) in [6, 6.07) is 28.9. The van der Waals surface area contributed by atoms with Gasteiger partial charge in [0.2, 0.25) is 0 Å². The van der Waals surface area contributed by atoms with E-state index in [0.717, 1.165) is 45.7 Å². The summed E-state index contributed by atoms with van der Waals surface area (Å²) in [5, 5.41) is 2.33. The van der Waals surface area contributed by atoms with Crippen molar-refractivity contribution in [2.24, 2.45) is 11.8 Å². The van der Waals surface area contributed by atoms with Gasteiger partial charge in [0.25, 0.3) is 0 Å². The van der Waals surface area contributed by atoms with Crippen LogP contribution in [-0.4, -0.2) is 35.1 Å². The van der Waals surface area contributed by atoms with E-state index in [0.29, 0.717) is 0 Å². The molecule has 5 aromatic rings. The zero-order chi connectivity index (χ0) is 29.0. The van der Waals surface area contributed by atoms with E-state index in [9.17, 15) is 0 Å². The molecule has 4 aliphatic rings. The summed E-state index contributed by atoms with van der Waals surface area (Å²) in [6.45, 7) is 2.41. The molecule has 0 bridgehead atoms. The number of fused-ring (bicyclic) bond motifs is 5. The molecule has 222 valence electrons. The molecule has 2 aliphatic heterocycles. The maximum Gasteiger partial charge on any atom is 0.0970 e. The molecule has 0 radical (unpaired) electrons. The van der Waals surface area contributed by atoms with E-state index in [2.05, 4.69) is 82.6 Å². The van der Waals surface area contributed by atoms with E-state index < -0.39 is 0 Å². The SMILES string of the molecule is c1cc(-c2ccc(N3CCC4CCCCC43)cc2)c2ccc3c(-c4ccc(N5CCC6CCCCC65)cc4)ccnc3c2n1. The molecule has 2 aliphatic carbocycles. The highest BCUT2D eigenvalue weighted by Crippen LogP contribution is 2.42. The normalized spacial score (nSPS) is 25.0. The fourth-order valence-corrected chi connectivity index (χ4v) is 9.45. The van der Waals surface area contributed by atoms with Crippen LogP contribution in [0.1, 0.15) is 64.2 Å². The largest absolute Gasteiger partial charge is 0.368 e. The summed E-state index contributed by atoms with van der Waals surface area (Å²) in [7, 11) is 0. The van der Waals surface area contributed by atoms with Crippen LogP contribution in [0.15, 0.2) is 85.2 Å². The first-order chi connectivity index (χ1) is 21.8. The van der Waals surface area contributed by atoms with Gasteiger partial charge in [0.1, 0.15) is 0 Å². The fourth-order valence-electron chi connectivity index (χ4n) is 9.45. The van der Waals surface area contributed by atoms with Crippen molar-refractivity contribution < 1.29 is 0 Å². The van der Waals surface area contributed by atoms with Crippen LogP contribution in [0.25, 0.3) is 44.1 Å². The highest BCUT2D eigenvalue weighted by atomic mass is 15.2. The summed E-state index contributed by atoms with van der Waals surface area (Å²) in [5.41, 5.74) is 9.66. The quantitative estimate of drug-likeness (QED) is 0.199. The van der Waals surface area contributed by atoms with Gasteiger partial charge in [0.05, 0.1) is 11.0 Å². The number of anilines is 2. The fraction of sp³-hybridized carbons (Fsp3) is 0.400. The molecule has 4 atom stereocenters. The second kappa shape index (κ2) is 10.9. The number of hydrogen-bond acceptors (Lipinski definition) is 4. The molecule has 2 aromatic heterocycles. The summed E-state index contributed by atoms with van der Waals surface area (Å²) < 4.78 is 0. The van der Waals surface area contributed by atoms with Crippen LogP contribution in [0.3, 0.4) is 0 Å². The molecule has 3 aromatic carbocycles. The van der Waals surface area contributed by atoms with E-state index in [-0.39, 0.29) is 0 Å². The smallest absolute Gasteiger partial charge is 0.0970 e. The van der Waals surface area contributed by atoms with E-state index in [1.165, 1.54) is 111 Å². The molecule has 4 unspecified atom stereocenters. The summed E-state index contributed by atoms with van der Waals surface area (Å²) in [5.74, 6) is 1.79. The number of aromatic nitrogens is 2. The average Bonchev–Trinajstić information content (AvgIpc) is 3.73. The molecule has 0 spiro atoms. The first-order valence-corrected chi connectivity index (χ1v) is 17.2. The zero-order valence-corrected chi connectivity index (χ0v) is 25.7. The third-order valence-corrected chi connectivity index (χ3v) is 11.7. The van der Waals surface area contributed by atoms with Crippen LogP contribution in [0.5, 0.6) is 0 Å². The van der Waals surface area contributed by atoms with E-state index in [4.69, 9.17) is 9.97 Å². The van der Waals surface area contributed by atoms with Gasteiger partial charge in [-0.25, -0.2) is 0 Å². The predicted molar refractivity (Wildman–Crippen MR) is 183 cm³/mol. The molecule has 2 saturated carbocycles. The van der Waals surface area contributed by atoms with Crippen molar-refractivity contribution in [1.29, 1.82) is 0 Å². The van der Waals surface area contributed by atoms with Gasteiger partial charge >= 0.3 is 0 Å². The Morgan fingerprint density at radius 3 is 1.34 bits per heavy atom. The highest BCUT2D eigenvalue weighted by Gasteiger charge is 2.36. The molecule has 9 rings (SSSR count). The minimum Gasteiger partial charge on any atom is -0.368 e. The second-order valence-electron chi connectivity index (χ2n) is 13.9. The molecule has 0 N–H and O–H groups in total. The summed E-state index contributed by atoms with van der Waals surface area (Å²) >= 11 is 0. The lowest BCUT2D eigenvalue weighted by Gasteiger charge is -2.33. The molecule has 4 nitrogen and oxygen atoms in total. The van der Waals surface area contributed by atoms with Crippen molar-refractivity contribution in [2.75, 3.05) is 22.9 Å². The minimum absolute atomic E-state index is 0.739. The standard InChI is InChI=1S/C40H42N4/c1-3-7-37-29(5-1)21-25-43(37)31-13-9-27(10-14-31)33-19-23-41-39-35(33)17-18-36-34(20-24-42-40(36)39)28-11-15-32(16-12-28)44-26-22-30-6-2-4-8-38(30)44/h9-20,23-24,29-30,37-38H,1-8,21-22,25-26H2. The Morgan fingerprint density at radius 2 is 0.886 bits per heavy atom. The third-order valence-electron chi connectivity index (χ3n) is 11.7. The number of hydrogen-bond donors (Lipinski definition) is 0. The Morgan fingerprint density at radius 1 is 0.455 bits per heavy atom. The molecule has 2 saturated heterocycles. The lowest BCUT2D eigenvalue weighted by atomic mass is 9.85. The van der Waals surface area contributed by atoms with E-state index >= 15 is 0 Å². The molecule has 4 heteroatoms. The first kappa shape index (κ1) is 26.5. The zero-order valence-electron chi connectivity index (χ0n) is 25.7. The molecule has 4 fully saturated rings. The molecule has 44 heavy (non-hydrogen) atoms. The van der Waals surface area contributed by atoms with Gasteiger partial charge in [-0.1, -0.05) is 62.1 Å².